The number of aryl methyl sites for hydroxylation is 2. The van der Waals surface area contributed by atoms with Gasteiger partial charge in [-0.05, 0) is 51.2 Å². The van der Waals surface area contributed by atoms with Gasteiger partial charge in [-0.15, -0.1) is 0 Å². The molecule has 0 N–H and O–H groups in total. The molecule has 0 aromatic carbocycles. The third-order valence-corrected chi connectivity index (χ3v) is 6.51. The molecule has 2 amide bonds. The second-order valence-electron chi connectivity index (χ2n) is 8.57. The molecular formula is C23H30N4O3. The van der Waals surface area contributed by atoms with Crippen molar-refractivity contribution in [1.29, 1.82) is 0 Å². The number of hydrogen-bond acceptors (Lipinski definition) is 5. The molecule has 2 aromatic heterocycles. The number of hydrogen-bond donors (Lipinski definition) is 0. The monoisotopic (exact) mass is 410 g/mol. The van der Waals surface area contributed by atoms with Crippen LogP contribution in [-0.4, -0.2) is 50.9 Å². The minimum Gasteiger partial charge on any atom is -0.361 e. The summed E-state index contributed by atoms with van der Waals surface area (Å²) in [4.78, 5) is 34.4. The SMILES string of the molecule is Cc1noc(C)c1CC(=O)N1CCCC(N(Cc2cccnc2)C(=O)C2CCC2)C1. The van der Waals surface area contributed by atoms with E-state index < -0.39 is 0 Å². The van der Waals surface area contributed by atoms with Crippen molar-refractivity contribution in [2.45, 2.75) is 65.0 Å². The average Bonchev–Trinajstić information content (AvgIpc) is 3.03. The van der Waals surface area contributed by atoms with E-state index in [4.69, 9.17) is 4.52 Å². The van der Waals surface area contributed by atoms with E-state index in [9.17, 15) is 9.59 Å². The van der Waals surface area contributed by atoms with E-state index in [-0.39, 0.29) is 23.8 Å². The summed E-state index contributed by atoms with van der Waals surface area (Å²) in [6.45, 7) is 5.58. The highest BCUT2D eigenvalue weighted by Gasteiger charge is 2.36. The number of likely N-dealkylation sites (tertiary alicyclic amines) is 1. The van der Waals surface area contributed by atoms with Crippen LogP contribution in [-0.2, 0) is 22.6 Å². The van der Waals surface area contributed by atoms with Gasteiger partial charge in [-0.2, -0.15) is 0 Å². The fourth-order valence-corrected chi connectivity index (χ4v) is 4.42. The van der Waals surface area contributed by atoms with Crippen LogP contribution in [0.25, 0.3) is 0 Å². The minimum atomic E-state index is 0.0423. The average molecular weight is 411 g/mol. The first-order valence-corrected chi connectivity index (χ1v) is 10.9. The summed E-state index contributed by atoms with van der Waals surface area (Å²) >= 11 is 0. The highest BCUT2D eigenvalue weighted by atomic mass is 16.5. The van der Waals surface area contributed by atoms with Gasteiger partial charge in [0, 0.05) is 49.6 Å². The molecule has 2 fully saturated rings. The second-order valence-corrected chi connectivity index (χ2v) is 8.57. The third kappa shape index (κ3) is 4.40. The number of carbonyl (C=O) groups excluding carboxylic acids is 2. The first-order chi connectivity index (χ1) is 14.5. The number of rotatable bonds is 6. The first kappa shape index (κ1) is 20.6. The first-order valence-electron chi connectivity index (χ1n) is 10.9. The molecule has 7 nitrogen and oxygen atoms in total. The molecule has 2 aromatic rings. The third-order valence-electron chi connectivity index (χ3n) is 6.51. The van der Waals surface area contributed by atoms with E-state index in [1.165, 1.54) is 0 Å². The van der Waals surface area contributed by atoms with Gasteiger partial charge >= 0.3 is 0 Å². The molecule has 0 bridgehead atoms. The van der Waals surface area contributed by atoms with E-state index >= 15 is 0 Å². The second kappa shape index (κ2) is 8.98. The Kier molecular flexibility index (Phi) is 6.16. The van der Waals surface area contributed by atoms with Crippen LogP contribution in [0.3, 0.4) is 0 Å². The Bertz CT molecular complexity index is 872. The lowest BCUT2D eigenvalue weighted by Crippen LogP contribution is -2.53. The zero-order valence-corrected chi connectivity index (χ0v) is 17.8. The van der Waals surface area contributed by atoms with Gasteiger partial charge in [0.05, 0.1) is 12.1 Å². The number of amides is 2. The summed E-state index contributed by atoms with van der Waals surface area (Å²) in [5, 5.41) is 3.96. The molecule has 1 aliphatic carbocycles. The van der Waals surface area contributed by atoms with Crippen LogP contribution >= 0.6 is 0 Å². The van der Waals surface area contributed by atoms with Gasteiger partial charge in [0.25, 0.3) is 0 Å². The lowest BCUT2D eigenvalue weighted by molar-refractivity contribution is -0.145. The summed E-state index contributed by atoms with van der Waals surface area (Å²) in [5.74, 6) is 1.14. The molecule has 0 spiro atoms. The number of aromatic nitrogens is 2. The van der Waals surface area contributed by atoms with E-state index in [0.29, 0.717) is 25.3 Å². The lowest BCUT2D eigenvalue weighted by Gasteiger charge is -2.42. The van der Waals surface area contributed by atoms with E-state index in [2.05, 4.69) is 10.1 Å². The number of nitrogens with zero attached hydrogens (tertiary/aromatic N) is 4. The summed E-state index contributed by atoms with van der Waals surface area (Å²) in [6.07, 6.45) is 8.78. The molecule has 0 radical (unpaired) electrons. The molecule has 2 aliphatic rings. The molecule has 1 atom stereocenters. The minimum absolute atomic E-state index is 0.0423. The Labute approximate surface area is 177 Å². The predicted molar refractivity (Wildman–Crippen MR) is 111 cm³/mol. The Morgan fingerprint density at radius 1 is 1.23 bits per heavy atom. The Morgan fingerprint density at radius 3 is 2.70 bits per heavy atom. The summed E-state index contributed by atoms with van der Waals surface area (Å²) in [7, 11) is 0. The molecular weight excluding hydrogens is 380 g/mol. The molecule has 7 heteroatoms. The van der Waals surface area contributed by atoms with Crippen LogP contribution in [0.5, 0.6) is 0 Å². The molecule has 4 rings (SSSR count). The van der Waals surface area contributed by atoms with Crippen LogP contribution in [0.15, 0.2) is 29.0 Å². The highest BCUT2D eigenvalue weighted by molar-refractivity contribution is 5.81. The van der Waals surface area contributed by atoms with E-state index in [0.717, 1.165) is 55.5 Å². The topological polar surface area (TPSA) is 79.5 Å². The van der Waals surface area contributed by atoms with Crippen molar-refractivity contribution in [3.05, 3.63) is 47.1 Å². The maximum atomic E-state index is 13.2. The fourth-order valence-electron chi connectivity index (χ4n) is 4.42. The maximum absolute atomic E-state index is 13.2. The van der Waals surface area contributed by atoms with Crippen molar-refractivity contribution in [3.63, 3.8) is 0 Å². The van der Waals surface area contributed by atoms with Crippen molar-refractivity contribution < 1.29 is 14.1 Å². The largest absolute Gasteiger partial charge is 0.361 e. The van der Waals surface area contributed by atoms with Gasteiger partial charge in [0.1, 0.15) is 5.76 Å². The molecule has 1 unspecified atom stereocenters. The number of piperidine rings is 1. The molecule has 1 saturated heterocycles. The van der Waals surface area contributed by atoms with E-state index in [1.54, 1.807) is 6.20 Å². The quantitative estimate of drug-likeness (QED) is 0.731. The summed E-state index contributed by atoms with van der Waals surface area (Å²) < 4.78 is 5.21. The van der Waals surface area contributed by atoms with Crippen molar-refractivity contribution in [3.8, 4) is 0 Å². The number of carbonyl (C=O) groups is 2. The lowest BCUT2D eigenvalue weighted by atomic mass is 9.83. The van der Waals surface area contributed by atoms with Crippen molar-refractivity contribution in [2.24, 2.45) is 5.92 Å². The van der Waals surface area contributed by atoms with Gasteiger partial charge in [0.15, 0.2) is 0 Å². The summed E-state index contributed by atoms with van der Waals surface area (Å²) in [5.41, 5.74) is 2.68. The molecule has 3 heterocycles. The van der Waals surface area contributed by atoms with E-state index in [1.807, 2.05) is 42.0 Å². The van der Waals surface area contributed by atoms with Crippen molar-refractivity contribution in [2.75, 3.05) is 13.1 Å². The standard InChI is InChI=1S/C23H30N4O3/c1-16-21(17(2)30-25-16)12-22(28)26-11-5-9-20(15-26)27(23(29)19-7-3-8-19)14-18-6-4-10-24-13-18/h4,6,10,13,19-20H,3,5,7-9,11-12,14-15H2,1-2H3. The van der Waals surface area contributed by atoms with Gasteiger partial charge in [-0.25, -0.2) is 0 Å². The van der Waals surface area contributed by atoms with Gasteiger partial charge in [-0.3, -0.25) is 14.6 Å². The van der Waals surface area contributed by atoms with Crippen LogP contribution in [0.1, 0.15) is 54.7 Å². The molecule has 1 saturated carbocycles. The van der Waals surface area contributed by atoms with Crippen molar-refractivity contribution >= 4 is 11.8 Å². The Morgan fingerprint density at radius 2 is 2.07 bits per heavy atom. The zero-order valence-electron chi connectivity index (χ0n) is 17.8. The van der Waals surface area contributed by atoms with Gasteiger partial charge in [-0.1, -0.05) is 17.6 Å². The van der Waals surface area contributed by atoms with Crippen molar-refractivity contribution in [1.82, 2.24) is 19.9 Å². The molecule has 30 heavy (non-hydrogen) atoms. The molecule has 1 aliphatic heterocycles. The van der Waals surface area contributed by atoms with Crippen LogP contribution in [0.4, 0.5) is 0 Å². The summed E-state index contributed by atoms with van der Waals surface area (Å²) in [6, 6.07) is 3.96. The fraction of sp³-hybridized carbons (Fsp3) is 0.565. The normalized spacial score (nSPS) is 19.4. The zero-order chi connectivity index (χ0) is 21.1. The van der Waals surface area contributed by atoms with Gasteiger partial charge < -0.3 is 14.3 Å². The Balaban J connectivity index is 1.47. The molecule has 160 valence electrons. The maximum Gasteiger partial charge on any atom is 0.227 e. The van der Waals surface area contributed by atoms with Crippen LogP contribution in [0.2, 0.25) is 0 Å². The predicted octanol–water partition coefficient (Wildman–Crippen LogP) is 3.05. The van der Waals surface area contributed by atoms with Crippen LogP contribution < -0.4 is 0 Å². The van der Waals surface area contributed by atoms with Crippen LogP contribution in [0, 0.1) is 19.8 Å². The smallest absolute Gasteiger partial charge is 0.227 e. The van der Waals surface area contributed by atoms with Gasteiger partial charge in [0.2, 0.25) is 11.8 Å². The Hall–Kier alpha value is -2.70. The number of pyridine rings is 1. The highest BCUT2D eigenvalue weighted by Crippen LogP contribution is 2.31.